The van der Waals surface area contributed by atoms with E-state index in [1.807, 2.05) is 6.92 Å². The number of benzene rings is 1. The minimum atomic E-state index is -3.82. The molecule has 3 aliphatic rings. The van der Waals surface area contributed by atoms with Crippen LogP contribution in [0.2, 0.25) is 0 Å². The number of anilines is 1. The molecule has 1 unspecified atom stereocenters. The van der Waals surface area contributed by atoms with Crippen LogP contribution in [0.1, 0.15) is 44.4 Å². The maximum Gasteiger partial charge on any atom is 0.275 e. The van der Waals surface area contributed by atoms with Gasteiger partial charge in [0.2, 0.25) is 10.0 Å². The molecule has 43 heavy (non-hydrogen) atoms. The number of nitrogens with one attached hydrogen (secondary N) is 2. The highest BCUT2D eigenvalue weighted by Crippen LogP contribution is 2.49. The number of aliphatic hydroxyl groups excluding tert-OH is 1. The van der Waals surface area contributed by atoms with Crippen LogP contribution in [0.25, 0.3) is 0 Å². The summed E-state index contributed by atoms with van der Waals surface area (Å²) in [6.45, 7) is 11.2. The van der Waals surface area contributed by atoms with Gasteiger partial charge in [0, 0.05) is 64.5 Å². The second kappa shape index (κ2) is 14.0. The van der Waals surface area contributed by atoms with E-state index < -0.39 is 15.6 Å². The summed E-state index contributed by atoms with van der Waals surface area (Å²) >= 11 is 0. The molecule has 3 aliphatic heterocycles. The molecule has 5 rings (SSSR count). The molecule has 2 saturated heterocycles. The number of hydrogen-bond donors (Lipinski definition) is 3. The minimum absolute atomic E-state index is 0.0449. The van der Waals surface area contributed by atoms with Crippen molar-refractivity contribution in [3.63, 3.8) is 0 Å². The van der Waals surface area contributed by atoms with E-state index in [0.717, 1.165) is 32.5 Å². The Morgan fingerprint density at radius 2 is 1.77 bits per heavy atom. The van der Waals surface area contributed by atoms with Gasteiger partial charge in [-0.05, 0) is 31.0 Å². The molecular formula is C29H45N7O6S. The minimum Gasteiger partial charge on any atom is -0.493 e. The zero-order chi connectivity index (χ0) is 30.5. The van der Waals surface area contributed by atoms with E-state index >= 15 is 0 Å². The third-order valence-electron chi connectivity index (χ3n) is 8.55. The van der Waals surface area contributed by atoms with Gasteiger partial charge >= 0.3 is 0 Å². The molecule has 0 amide bonds. The molecule has 13 nitrogen and oxygen atoms in total. The van der Waals surface area contributed by atoms with Crippen molar-refractivity contribution in [3.8, 4) is 5.75 Å². The van der Waals surface area contributed by atoms with E-state index in [1.165, 1.54) is 10.6 Å². The molecule has 14 heteroatoms. The number of ether oxygens (including phenoxy) is 2. The lowest BCUT2D eigenvalue weighted by Crippen LogP contribution is -2.50. The molecule has 2 aromatic rings. The lowest BCUT2D eigenvalue weighted by Gasteiger charge is -2.40. The summed E-state index contributed by atoms with van der Waals surface area (Å²) in [6.07, 6.45) is 3.53. The Bertz CT molecular complexity index is 1390. The molecular weight excluding hydrogens is 574 g/mol. The number of fused-ring (bicyclic) bond motifs is 1. The van der Waals surface area contributed by atoms with Gasteiger partial charge in [-0.2, -0.15) is 4.31 Å². The Hall–Kier alpha value is -2.59. The fourth-order valence-corrected chi connectivity index (χ4v) is 7.77. The van der Waals surface area contributed by atoms with Crippen LogP contribution in [-0.2, 0) is 20.3 Å². The molecule has 0 aliphatic carbocycles. The number of piperazine rings is 1. The summed E-state index contributed by atoms with van der Waals surface area (Å²) in [6, 6.07) is 5.11. The number of H-pyrrole nitrogens is 1. The quantitative estimate of drug-likeness (QED) is 0.294. The van der Waals surface area contributed by atoms with Crippen LogP contribution in [0, 0.1) is 0 Å². The van der Waals surface area contributed by atoms with E-state index in [9.17, 15) is 18.3 Å². The number of aromatic nitrogens is 2. The average molecular weight is 620 g/mol. The Morgan fingerprint density at radius 3 is 2.47 bits per heavy atom. The smallest absolute Gasteiger partial charge is 0.275 e. The Balaban J connectivity index is 1.59. The maximum atomic E-state index is 14.0. The van der Waals surface area contributed by atoms with Crippen molar-refractivity contribution in [3.05, 3.63) is 46.1 Å². The normalized spacial score (nSPS) is 22.4. The summed E-state index contributed by atoms with van der Waals surface area (Å²) in [5, 5.41) is 11.4. The van der Waals surface area contributed by atoms with Gasteiger partial charge < -0.3 is 25.0 Å². The molecule has 2 fully saturated rings. The Labute approximate surface area is 253 Å². The number of aromatic amines is 1. The predicted molar refractivity (Wildman–Crippen MR) is 163 cm³/mol. The zero-order valence-corrected chi connectivity index (χ0v) is 26.1. The summed E-state index contributed by atoms with van der Waals surface area (Å²) in [5.74, 6) is 0.579. The van der Waals surface area contributed by atoms with Crippen LogP contribution in [0.5, 0.6) is 5.75 Å². The summed E-state index contributed by atoms with van der Waals surface area (Å²) in [5.41, 5.74) is 3.75. The van der Waals surface area contributed by atoms with Gasteiger partial charge in [0.1, 0.15) is 17.0 Å². The lowest BCUT2D eigenvalue weighted by molar-refractivity contribution is 0.0290. The number of rotatable bonds is 13. The summed E-state index contributed by atoms with van der Waals surface area (Å²) in [4.78, 5) is 25.1. The topological polar surface area (TPSA) is 144 Å². The second-order valence-electron chi connectivity index (χ2n) is 11.3. The predicted octanol–water partition coefficient (Wildman–Crippen LogP) is 0.876. The average Bonchev–Trinajstić information content (AvgIpc) is 3.35. The molecule has 1 aromatic heterocycles. The number of aliphatic hydroxyl groups is 1. The molecule has 1 aromatic carbocycles. The van der Waals surface area contributed by atoms with Crippen LogP contribution in [0.3, 0.4) is 0 Å². The van der Waals surface area contributed by atoms with E-state index in [0.29, 0.717) is 88.2 Å². The number of hydrogen-bond acceptors (Lipinski definition) is 11. The summed E-state index contributed by atoms with van der Waals surface area (Å²) in [7, 11) is -3.82. The van der Waals surface area contributed by atoms with E-state index in [2.05, 4.69) is 32.1 Å². The first-order chi connectivity index (χ1) is 20.8. The van der Waals surface area contributed by atoms with Gasteiger partial charge in [-0.1, -0.05) is 20.3 Å². The fraction of sp³-hybridized carbons (Fsp3) is 0.655. The first-order valence-electron chi connectivity index (χ1n) is 15.4. The third-order valence-corrected chi connectivity index (χ3v) is 10.4. The molecule has 0 bridgehead atoms. The van der Waals surface area contributed by atoms with Crippen molar-refractivity contribution in [2.45, 2.75) is 43.5 Å². The van der Waals surface area contributed by atoms with Gasteiger partial charge in [0.15, 0.2) is 0 Å². The van der Waals surface area contributed by atoms with Gasteiger partial charge in [0.25, 0.3) is 5.56 Å². The van der Waals surface area contributed by atoms with Gasteiger partial charge in [-0.3, -0.25) is 14.6 Å². The van der Waals surface area contributed by atoms with Crippen LogP contribution in [-0.4, -0.2) is 128 Å². The van der Waals surface area contributed by atoms with Crippen LogP contribution >= 0.6 is 0 Å². The Kier molecular flexibility index (Phi) is 10.4. The van der Waals surface area contributed by atoms with Crippen molar-refractivity contribution in [2.75, 3.05) is 90.8 Å². The van der Waals surface area contributed by atoms with E-state index in [4.69, 9.17) is 14.5 Å². The number of sulfonamides is 1. The molecule has 4 heterocycles. The number of morpholine rings is 1. The third kappa shape index (κ3) is 6.46. The number of hydrazine groups is 1. The molecule has 1 atom stereocenters. The van der Waals surface area contributed by atoms with Crippen LogP contribution in [0.15, 0.2) is 34.2 Å². The highest BCUT2D eigenvalue weighted by Gasteiger charge is 2.51. The first-order valence-corrected chi connectivity index (χ1v) is 16.8. The van der Waals surface area contributed by atoms with Gasteiger partial charge in [0.05, 0.1) is 43.3 Å². The maximum absolute atomic E-state index is 14.0. The molecule has 3 N–H and O–H groups in total. The monoisotopic (exact) mass is 619 g/mol. The number of nitrogens with zero attached hydrogens (tertiary/aromatic N) is 5. The molecule has 0 radical (unpaired) electrons. The van der Waals surface area contributed by atoms with Crippen molar-refractivity contribution in [2.24, 2.45) is 0 Å². The Morgan fingerprint density at radius 1 is 1.02 bits per heavy atom. The molecule has 0 spiro atoms. The molecule has 238 valence electrons. The van der Waals surface area contributed by atoms with E-state index in [-0.39, 0.29) is 17.1 Å². The van der Waals surface area contributed by atoms with E-state index in [1.54, 1.807) is 18.2 Å². The van der Waals surface area contributed by atoms with Gasteiger partial charge in [-0.25, -0.2) is 18.4 Å². The lowest BCUT2D eigenvalue weighted by atomic mass is 9.81. The van der Waals surface area contributed by atoms with Crippen molar-refractivity contribution in [1.82, 2.24) is 29.1 Å². The number of β-amino-alcohol motifs (C(OH)–C–C–N with tert-alkyl or cyclic N) is 1. The van der Waals surface area contributed by atoms with Crippen LogP contribution in [0.4, 0.5) is 5.69 Å². The summed E-state index contributed by atoms with van der Waals surface area (Å²) < 4.78 is 41.4. The SMILES string of the molecule is CCCOc1ccc(S(=O)(=O)N2CCN(CCO)CC2)cc1C1(CCC)c2nc[nH]c(=O)c2NN1CCN1CCOCC1. The highest BCUT2D eigenvalue weighted by atomic mass is 32.2. The largest absolute Gasteiger partial charge is 0.493 e. The fourth-order valence-electron chi connectivity index (χ4n) is 6.33. The first kappa shape index (κ1) is 31.8. The zero-order valence-electron chi connectivity index (χ0n) is 25.3. The molecule has 0 saturated carbocycles. The van der Waals surface area contributed by atoms with Gasteiger partial charge in [-0.15, -0.1) is 0 Å². The van der Waals surface area contributed by atoms with Crippen molar-refractivity contribution >= 4 is 15.7 Å². The van der Waals surface area contributed by atoms with Crippen molar-refractivity contribution in [1.29, 1.82) is 0 Å². The van der Waals surface area contributed by atoms with Crippen molar-refractivity contribution < 1.29 is 23.0 Å². The second-order valence-corrected chi connectivity index (χ2v) is 13.2. The highest BCUT2D eigenvalue weighted by molar-refractivity contribution is 7.89. The standard InChI is InChI=1S/C29H45N7O6S/c1-3-7-29(27-26(28(38)31-22-30-27)32-36(29)13-10-34-15-19-41-20-16-34)24-21-23(5-6-25(24)42-18-4-2)43(39,40)35-11-8-33(9-12-35)14-17-37/h5-6,21-22,32,37H,3-4,7-20H2,1-2H3,(H,30,31,38). The van der Waals surface area contributed by atoms with Crippen LogP contribution < -0.4 is 15.7 Å².